The van der Waals surface area contributed by atoms with Crippen LogP contribution in [-0.4, -0.2) is 16.8 Å². The van der Waals surface area contributed by atoms with Gasteiger partial charge in [0.15, 0.2) is 0 Å². The van der Waals surface area contributed by atoms with Gasteiger partial charge >= 0.3 is 0 Å². The number of nitrogens with zero attached hydrogens (tertiary/aromatic N) is 1. The molecule has 0 spiro atoms. The molecule has 0 unspecified atom stereocenters. The summed E-state index contributed by atoms with van der Waals surface area (Å²) >= 11 is 23.6. The average molecular weight is 407 g/mol. The molecular formula is C15H11Cl4N3O2. The van der Waals surface area contributed by atoms with Crippen molar-refractivity contribution >= 4 is 69.6 Å². The first-order valence-electron chi connectivity index (χ1n) is 6.61. The highest BCUT2D eigenvalue weighted by atomic mass is 35.5. The molecule has 5 nitrogen and oxygen atoms in total. The zero-order chi connectivity index (χ0) is 18.0. The molecular weight excluding hydrogens is 396 g/mol. The Morgan fingerprint density at radius 3 is 2.12 bits per heavy atom. The first-order valence-corrected chi connectivity index (χ1v) is 8.12. The lowest BCUT2D eigenvalue weighted by molar-refractivity contribution is -0.114. The van der Waals surface area contributed by atoms with E-state index in [1.807, 2.05) is 0 Å². The number of anilines is 2. The minimum absolute atomic E-state index is 0.0243. The predicted octanol–water partition coefficient (Wildman–Crippen LogP) is 5.21. The number of nitrogens with one attached hydrogen (secondary N) is 2. The van der Waals surface area contributed by atoms with E-state index in [2.05, 4.69) is 15.6 Å². The van der Waals surface area contributed by atoms with E-state index in [1.54, 1.807) is 25.1 Å². The number of hydrogen-bond acceptors (Lipinski definition) is 3. The van der Waals surface area contributed by atoms with Crippen molar-refractivity contribution < 1.29 is 9.59 Å². The number of hydrogen-bond donors (Lipinski definition) is 2. The summed E-state index contributed by atoms with van der Waals surface area (Å²) in [7, 11) is 0. The first-order chi connectivity index (χ1) is 11.2. The van der Waals surface area contributed by atoms with Crippen molar-refractivity contribution in [3.63, 3.8) is 0 Å². The van der Waals surface area contributed by atoms with Crippen LogP contribution in [0.3, 0.4) is 0 Å². The van der Waals surface area contributed by atoms with E-state index in [9.17, 15) is 9.59 Å². The van der Waals surface area contributed by atoms with Gasteiger partial charge in [-0.25, -0.2) is 4.98 Å². The summed E-state index contributed by atoms with van der Waals surface area (Å²) in [5.74, 6) is -0.828. The summed E-state index contributed by atoms with van der Waals surface area (Å²) in [6, 6.07) is 5.07. The van der Waals surface area contributed by atoms with Crippen LogP contribution in [0.1, 0.15) is 23.0 Å². The SMILES string of the molecule is CC(=O)Nc1cccc(NC(=O)c2nc(Cl)c(Cl)c(Cl)c2Cl)c1C. The molecule has 126 valence electrons. The van der Waals surface area contributed by atoms with Crippen LogP contribution in [0.25, 0.3) is 0 Å². The molecule has 2 rings (SSSR count). The molecule has 1 aromatic heterocycles. The minimum Gasteiger partial charge on any atom is -0.326 e. The predicted molar refractivity (Wildman–Crippen MR) is 97.7 cm³/mol. The van der Waals surface area contributed by atoms with E-state index < -0.39 is 5.91 Å². The molecule has 2 amide bonds. The molecule has 0 bridgehead atoms. The van der Waals surface area contributed by atoms with Gasteiger partial charge in [-0.3, -0.25) is 9.59 Å². The summed E-state index contributed by atoms with van der Waals surface area (Å²) in [6.45, 7) is 3.14. The third-order valence-corrected chi connectivity index (χ3v) is 4.77. The lowest BCUT2D eigenvalue weighted by atomic mass is 10.1. The minimum atomic E-state index is -0.608. The molecule has 1 aromatic carbocycles. The maximum absolute atomic E-state index is 12.4. The Labute approximate surface area is 158 Å². The summed E-state index contributed by atoms with van der Waals surface area (Å²) in [4.78, 5) is 27.5. The topological polar surface area (TPSA) is 71.1 Å². The second kappa shape index (κ2) is 7.57. The van der Waals surface area contributed by atoms with E-state index in [-0.39, 0.29) is 31.8 Å². The second-order valence-electron chi connectivity index (χ2n) is 4.81. The number of amides is 2. The molecule has 9 heteroatoms. The molecule has 2 N–H and O–H groups in total. The molecule has 0 aliphatic heterocycles. The highest BCUT2D eigenvalue weighted by Gasteiger charge is 2.21. The van der Waals surface area contributed by atoms with E-state index in [4.69, 9.17) is 46.4 Å². The quantitative estimate of drug-likeness (QED) is 0.686. The maximum Gasteiger partial charge on any atom is 0.275 e. The largest absolute Gasteiger partial charge is 0.326 e. The monoisotopic (exact) mass is 405 g/mol. The van der Waals surface area contributed by atoms with Gasteiger partial charge in [0.05, 0.1) is 15.1 Å². The lowest BCUT2D eigenvalue weighted by Gasteiger charge is -2.13. The Balaban J connectivity index is 2.36. The molecule has 24 heavy (non-hydrogen) atoms. The van der Waals surface area contributed by atoms with Crippen molar-refractivity contribution in [1.82, 2.24) is 4.98 Å². The van der Waals surface area contributed by atoms with Crippen LogP contribution in [-0.2, 0) is 4.79 Å². The van der Waals surface area contributed by atoms with Gasteiger partial charge in [-0.05, 0) is 24.6 Å². The van der Waals surface area contributed by atoms with Crippen molar-refractivity contribution in [1.29, 1.82) is 0 Å². The highest BCUT2D eigenvalue weighted by Crippen LogP contribution is 2.36. The fourth-order valence-corrected chi connectivity index (χ4v) is 2.73. The summed E-state index contributed by atoms with van der Waals surface area (Å²) in [5, 5.41) is 5.03. The van der Waals surface area contributed by atoms with Gasteiger partial charge in [-0.15, -0.1) is 0 Å². The van der Waals surface area contributed by atoms with Crippen molar-refractivity contribution in [2.75, 3.05) is 10.6 Å². The normalized spacial score (nSPS) is 10.4. The number of pyridine rings is 1. The van der Waals surface area contributed by atoms with E-state index in [0.29, 0.717) is 16.9 Å². The highest BCUT2D eigenvalue weighted by molar-refractivity contribution is 6.52. The van der Waals surface area contributed by atoms with E-state index in [0.717, 1.165) is 0 Å². The van der Waals surface area contributed by atoms with E-state index in [1.165, 1.54) is 6.92 Å². The fraction of sp³-hybridized carbons (Fsp3) is 0.133. The molecule has 0 atom stereocenters. The van der Waals surface area contributed by atoms with Crippen LogP contribution < -0.4 is 10.6 Å². The van der Waals surface area contributed by atoms with Crippen molar-refractivity contribution in [3.05, 3.63) is 49.7 Å². The third-order valence-electron chi connectivity index (χ3n) is 3.09. The Kier molecular flexibility index (Phi) is 5.93. The molecule has 0 radical (unpaired) electrons. The number of rotatable bonds is 3. The number of carbonyl (C=O) groups is 2. The van der Waals surface area contributed by atoms with Gasteiger partial charge in [0.1, 0.15) is 10.8 Å². The van der Waals surface area contributed by atoms with Crippen LogP contribution in [0.15, 0.2) is 18.2 Å². The molecule has 1 heterocycles. The third kappa shape index (κ3) is 3.92. The zero-order valence-electron chi connectivity index (χ0n) is 12.5. The Morgan fingerprint density at radius 1 is 0.958 bits per heavy atom. The zero-order valence-corrected chi connectivity index (χ0v) is 15.5. The molecule has 0 aliphatic carbocycles. The molecule has 2 aromatic rings. The van der Waals surface area contributed by atoms with Crippen molar-refractivity contribution in [3.8, 4) is 0 Å². The summed E-state index contributed by atoms with van der Waals surface area (Å²) in [6.07, 6.45) is 0. The Hall–Kier alpha value is -1.53. The second-order valence-corrected chi connectivity index (χ2v) is 6.30. The van der Waals surface area contributed by atoms with Crippen LogP contribution >= 0.6 is 46.4 Å². The van der Waals surface area contributed by atoms with Crippen LogP contribution in [0.2, 0.25) is 20.2 Å². The van der Waals surface area contributed by atoms with Gasteiger partial charge in [-0.1, -0.05) is 52.5 Å². The van der Waals surface area contributed by atoms with Gasteiger partial charge in [-0.2, -0.15) is 0 Å². The van der Waals surface area contributed by atoms with Crippen molar-refractivity contribution in [2.45, 2.75) is 13.8 Å². The number of aromatic nitrogens is 1. The van der Waals surface area contributed by atoms with Gasteiger partial charge in [0.2, 0.25) is 5.91 Å². The van der Waals surface area contributed by atoms with Gasteiger partial charge in [0, 0.05) is 18.3 Å². The van der Waals surface area contributed by atoms with Gasteiger partial charge < -0.3 is 10.6 Å². The molecule has 0 saturated heterocycles. The Morgan fingerprint density at radius 2 is 1.54 bits per heavy atom. The maximum atomic E-state index is 12.4. The average Bonchev–Trinajstić information content (AvgIpc) is 2.52. The summed E-state index contributed by atoms with van der Waals surface area (Å²) < 4.78 is 0. The molecule has 0 fully saturated rings. The van der Waals surface area contributed by atoms with Crippen LogP contribution in [0.4, 0.5) is 11.4 Å². The standard InChI is InChI=1S/C15H11Cl4N3O2/c1-6-8(20-7(2)23)4-3-5-9(6)21-15(24)13-11(17)10(16)12(18)14(19)22-13/h3-5H,1-2H3,(H,20,23)(H,21,24). The Bertz CT molecular complexity index is 840. The van der Waals surface area contributed by atoms with E-state index >= 15 is 0 Å². The number of carbonyl (C=O) groups excluding carboxylic acids is 2. The smallest absolute Gasteiger partial charge is 0.275 e. The van der Waals surface area contributed by atoms with Crippen LogP contribution in [0, 0.1) is 6.92 Å². The lowest BCUT2D eigenvalue weighted by Crippen LogP contribution is -2.16. The number of benzene rings is 1. The van der Waals surface area contributed by atoms with Crippen molar-refractivity contribution in [2.24, 2.45) is 0 Å². The number of halogens is 4. The van der Waals surface area contributed by atoms with Gasteiger partial charge in [0.25, 0.3) is 5.91 Å². The first kappa shape index (κ1) is 18.8. The van der Waals surface area contributed by atoms with Crippen LogP contribution in [0.5, 0.6) is 0 Å². The summed E-state index contributed by atoms with van der Waals surface area (Å²) in [5.41, 5.74) is 1.57. The molecule has 0 saturated carbocycles. The molecule has 0 aliphatic rings. The fourth-order valence-electron chi connectivity index (χ4n) is 1.92.